The first-order chi connectivity index (χ1) is 30.9. The number of ketones is 1. The van der Waals surface area contributed by atoms with E-state index in [1.807, 2.05) is 0 Å². The lowest BCUT2D eigenvalue weighted by Gasteiger charge is -2.67. The quantitative estimate of drug-likeness (QED) is 0.0804. The number of hydrogen-bond acceptors (Lipinski definition) is 15. The first kappa shape index (κ1) is 48.4. The van der Waals surface area contributed by atoms with Crippen molar-refractivity contribution in [2.75, 3.05) is 6.61 Å². The van der Waals surface area contributed by atoms with Crippen LogP contribution in [0.4, 0.5) is 0 Å². The zero-order valence-electron chi connectivity index (χ0n) is 38.1. The first-order valence-corrected chi connectivity index (χ1v) is 24.8. The largest absolute Gasteiger partial charge is 0.456 e. The molecule has 0 aromatic heterocycles. The van der Waals surface area contributed by atoms with Gasteiger partial charge in [-0.05, 0) is 73.1 Å². The second kappa shape index (κ2) is 17.6. The van der Waals surface area contributed by atoms with Crippen molar-refractivity contribution in [1.82, 2.24) is 5.32 Å². The van der Waals surface area contributed by atoms with Gasteiger partial charge in [0.15, 0.2) is 23.6 Å². The number of aliphatic hydroxyl groups is 3. The van der Waals surface area contributed by atoms with Crippen molar-refractivity contribution in [2.24, 2.45) is 16.7 Å². The lowest BCUT2D eigenvalue weighted by molar-refractivity contribution is -0.346. The van der Waals surface area contributed by atoms with E-state index in [-0.39, 0.29) is 35.3 Å². The zero-order valence-corrected chi connectivity index (χ0v) is 39.1. The second-order valence-electron chi connectivity index (χ2n) is 19.1. The number of fused-ring (bicyclic) bond motifs is 5. The van der Waals surface area contributed by atoms with E-state index in [1.165, 1.54) is 38.1 Å². The van der Waals surface area contributed by atoms with E-state index < -0.39 is 121 Å². The van der Waals surface area contributed by atoms with Gasteiger partial charge in [-0.3, -0.25) is 19.2 Å². The van der Waals surface area contributed by atoms with Crippen molar-refractivity contribution in [1.29, 1.82) is 0 Å². The Kier molecular flexibility index (Phi) is 12.9. The molecule has 17 heteroatoms. The molecule has 0 spiro atoms. The second-order valence-corrected chi connectivity index (χ2v) is 22.8. The lowest BCUT2D eigenvalue weighted by Crippen LogP contribution is -2.82. The fourth-order valence-electron chi connectivity index (χ4n) is 10.6. The Morgan fingerprint density at radius 1 is 0.848 bits per heavy atom. The minimum absolute atomic E-state index is 0.0182. The van der Waals surface area contributed by atoms with Crippen molar-refractivity contribution < 1.29 is 72.6 Å². The molecule has 0 radical (unpaired) electrons. The lowest BCUT2D eigenvalue weighted by atomic mass is 9.44. The molecule has 7 rings (SSSR count). The monoisotopic (exact) mass is 927 g/mol. The van der Waals surface area contributed by atoms with E-state index >= 15 is 4.79 Å². The van der Waals surface area contributed by atoms with Crippen LogP contribution in [0.2, 0.25) is 13.1 Å². The maximum atomic E-state index is 15.5. The fraction of sp³-hybridized carbons (Fsp3) is 0.469. The van der Waals surface area contributed by atoms with Gasteiger partial charge in [-0.1, -0.05) is 74.5 Å². The van der Waals surface area contributed by atoms with Crippen molar-refractivity contribution in [2.45, 2.75) is 121 Å². The van der Waals surface area contributed by atoms with Gasteiger partial charge < -0.3 is 49.1 Å². The molecule has 4 aliphatic rings. The summed E-state index contributed by atoms with van der Waals surface area (Å²) >= 11 is 0. The molecule has 3 aromatic carbocycles. The highest BCUT2D eigenvalue weighted by Gasteiger charge is 2.78. The molecule has 0 unspecified atom stereocenters. The molecular formula is C49H57NO15Si. The molecule has 1 amide bonds. The van der Waals surface area contributed by atoms with Crippen molar-refractivity contribution >= 4 is 49.1 Å². The van der Waals surface area contributed by atoms with E-state index in [4.69, 9.17) is 23.7 Å². The average Bonchev–Trinajstić information content (AvgIpc) is 3.26. The van der Waals surface area contributed by atoms with Crippen molar-refractivity contribution in [3.05, 3.63) is 113 Å². The van der Waals surface area contributed by atoms with Gasteiger partial charge in [0.2, 0.25) is 8.32 Å². The summed E-state index contributed by atoms with van der Waals surface area (Å²) in [5.74, 6) is -6.99. The maximum Gasteiger partial charge on any atom is 0.338 e. The summed E-state index contributed by atoms with van der Waals surface area (Å²) in [6.45, 7) is 11.4. The average molecular weight is 928 g/mol. The Labute approximate surface area is 383 Å². The van der Waals surface area contributed by atoms with Crippen LogP contribution in [0.15, 0.2) is 96.1 Å². The fourth-order valence-corrected chi connectivity index (χ4v) is 11.6. The summed E-state index contributed by atoms with van der Waals surface area (Å²) in [4.78, 5) is 94.7. The Balaban J connectivity index is 1.35. The minimum Gasteiger partial charge on any atom is -0.456 e. The number of esters is 4. The Bertz CT molecular complexity index is 2440. The standard InChI is InChI=1S/C49H57NO15Si/c1-26-33(63-45(58)38(54)37(29-15-11-9-12-16-29)50-43(56)30-19-21-32(22-20-30)66(7,8)60)24-49(59)42(64-44(57)31-17-13-10-14-18-31)40-47(6,34(53)23-35-48(40,25-61-35)65-28(3)52)41(55)39(62-27(2)51)36(26)46(49,4)5/h9-22,33-35,37-40,42,53-54,59-60H,23-25H2,1-8H3,(H,50,56)/t33-,34-,35+,37-,38+,39+,40-,42-,47+,48-,49+/m0/s1. The summed E-state index contributed by atoms with van der Waals surface area (Å²) in [6, 6.07) is 20.9. The molecule has 2 bridgehead atoms. The summed E-state index contributed by atoms with van der Waals surface area (Å²) < 4.78 is 30.4. The van der Waals surface area contributed by atoms with E-state index in [0.29, 0.717) is 10.8 Å². The number of carbonyl (C=O) groups is 6. The van der Waals surface area contributed by atoms with Crippen LogP contribution in [0.3, 0.4) is 0 Å². The molecule has 66 heavy (non-hydrogen) atoms. The third kappa shape index (κ3) is 8.19. The molecule has 3 fully saturated rings. The van der Waals surface area contributed by atoms with Gasteiger partial charge >= 0.3 is 23.9 Å². The molecule has 1 heterocycles. The summed E-state index contributed by atoms with van der Waals surface area (Å²) in [6.07, 6.45) is -10.7. The summed E-state index contributed by atoms with van der Waals surface area (Å²) in [5, 5.41) is 41.1. The highest BCUT2D eigenvalue weighted by molar-refractivity contribution is 6.83. The summed E-state index contributed by atoms with van der Waals surface area (Å²) in [7, 11) is -2.70. The number of carbonyl (C=O) groups excluding carboxylic acids is 6. The van der Waals surface area contributed by atoms with Gasteiger partial charge in [0.05, 0.1) is 35.6 Å². The Hall–Kier alpha value is -5.56. The number of nitrogens with one attached hydrogen (secondary N) is 1. The Morgan fingerprint density at radius 3 is 2.00 bits per heavy atom. The zero-order chi connectivity index (χ0) is 48.3. The summed E-state index contributed by atoms with van der Waals surface area (Å²) in [5.41, 5.74) is -7.25. The number of benzene rings is 3. The van der Waals surface area contributed by atoms with E-state index in [0.717, 1.165) is 13.8 Å². The Morgan fingerprint density at radius 2 is 1.45 bits per heavy atom. The molecule has 16 nitrogen and oxygen atoms in total. The molecule has 1 aliphatic heterocycles. The minimum atomic E-state index is -2.70. The molecule has 3 aromatic rings. The van der Waals surface area contributed by atoms with Gasteiger partial charge in [0.1, 0.15) is 23.9 Å². The predicted octanol–water partition coefficient (Wildman–Crippen LogP) is 3.14. The van der Waals surface area contributed by atoms with Crippen LogP contribution < -0.4 is 10.5 Å². The predicted molar refractivity (Wildman–Crippen MR) is 237 cm³/mol. The van der Waals surface area contributed by atoms with Crippen LogP contribution in [0, 0.1) is 16.7 Å². The number of rotatable bonds is 11. The van der Waals surface area contributed by atoms with Crippen LogP contribution in [0.5, 0.6) is 0 Å². The van der Waals surface area contributed by atoms with Crippen molar-refractivity contribution in [3.63, 3.8) is 0 Å². The van der Waals surface area contributed by atoms with Crippen LogP contribution in [-0.2, 0) is 42.9 Å². The molecule has 1 saturated heterocycles. The van der Waals surface area contributed by atoms with Crippen LogP contribution in [-0.4, -0.2) is 118 Å². The molecule has 5 N–H and O–H groups in total. The van der Waals surface area contributed by atoms with Gasteiger partial charge in [-0.15, -0.1) is 0 Å². The SMILES string of the molecule is CC(=O)O[C@H]1C(=O)[C@@]2(C)[C@H]([C@H](OC(=O)c3ccccc3)[C@]3(O)C[C@H](OC(=O)[C@H](O)[C@@H](NC(=O)c4ccc([Si](C)(C)O)cc4)c4ccccc4)C(C)=C1C3(C)C)[C@]1(OC(C)=O)CO[C@@H]1C[C@@H]2O. The number of ether oxygens (including phenoxy) is 5. The van der Waals surface area contributed by atoms with Gasteiger partial charge in [-0.25, -0.2) is 9.59 Å². The molecule has 352 valence electrons. The highest BCUT2D eigenvalue weighted by atomic mass is 28.4. The molecule has 2 saturated carbocycles. The van der Waals surface area contributed by atoms with Crippen molar-refractivity contribution in [3.8, 4) is 0 Å². The van der Waals surface area contributed by atoms with E-state index in [1.54, 1.807) is 87.6 Å². The number of amides is 1. The topological polar surface area (TPSA) is 242 Å². The van der Waals surface area contributed by atoms with E-state index in [2.05, 4.69) is 5.32 Å². The highest BCUT2D eigenvalue weighted by Crippen LogP contribution is 2.64. The molecule has 11 atom stereocenters. The van der Waals surface area contributed by atoms with Gasteiger partial charge in [-0.2, -0.15) is 0 Å². The van der Waals surface area contributed by atoms with Gasteiger partial charge in [0, 0.05) is 37.7 Å². The van der Waals surface area contributed by atoms with Crippen LogP contribution in [0.1, 0.15) is 86.7 Å². The number of Topliss-reactive ketones (excluding diaryl/α,β-unsaturated/α-hetero) is 1. The smallest absolute Gasteiger partial charge is 0.338 e. The first-order valence-electron chi connectivity index (χ1n) is 21.9. The number of aliphatic hydroxyl groups excluding tert-OH is 2. The van der Waals surface area contributed by atoms with Gasteiger partial charge in [0.25, 0.3) is 5.91 Å². The maximum absolute atomic E-state index is 15.5. The van der Waals surface area contributed by atoms with Crippen LogP contribution >= 0.6 is 0 Å². The number of hydrogen-bond donors (Lipinski definition) is 5. The van der Waals surface area contributed by atoms with Crippen LogP contribution in [0.25, 0.3) is 0 Å². The molecular weight excluding hydrogens is 871 g/mol. The third-order valence-electron chi connectivity index (χ3n) is 14.3. The normalized spacial score (nSPS) is 30.9. The molecule has 3 aliphatic carbocycles. The van der Waals surface area contributed by atoms with E-state index in [9.17, 15) is 44.1 Å². The third-order valence-corrected chi connectivity index (χ3v) is 16.0.